The maximum absolute atomic E-state index is 12.1. The van der Waals surface area contributed by atoms with Gasteiger partial charge in [-0.2, -0.15) is 5.26 Å². The number of benzene rings is 3. The minimum Gasteiger partial charge on any atom is -0.478 e. The van der Waals surface area contributed by atoms with Gasteiger partial charge in [-0.3, -0.25) is 0 Å². The normalized spacial score (nSPS) is 10.8. The van der Waals surface area contributed by atoms with Crippen molar-refractivity contribution in [2.24, 2.45) is 0 Å². The van der Waals surface area contributed by atoms with Gasteiger partial charge in [-0.15, -0.1) is 0 Å². The molecule has 1 N–H and O–H groups in total. The Balaban J connectivity index is 2.19. The van der Waals surface area contributed by atoms with Gasteiger partial charge in [0.2, 0.25) is 5.36 Å². The SMILES string of the molecule is CN(C)c1ccc2c(-c3cc(SC#N)ccc3C(=O)O)c3ccc(=[N+](C)C)cc-3oc2c1. The molecule has 0 amide bonds. The summed E-state index contributed by atoms with van der Waals surface area (Å²) in [5.74, 6) is -0.366. The maximum Gasteiger partial charge on any atom is 0.336 e. The Hall–Kier alpha value is -3.76. The topological polar surface area (TPSA) is 80.5 Å². The van der Waals surface area contributed by atoms with Crippen molar-refractivity contribution in [3.63, 3.8) is 0 Å². The van der Waals surface area contributed by atoms with Crippen LogP contribution in [0.25, 0.3) is 33.4 Å². The lowest BCUT2D eigenvalue weighted by molar-refractivity contribution is 0.0697. The minimum atomic E-state index is -1.02. The van der Waals surface area contributed by atoms with Crippen LogP contribution in [0.5, 0.6) is 0 Å². The molecule has 1 aliphatic heterocycles. The molecule has 0 atom stereocenters. The molecule has 0 bridgehead atoms. The molecule has 2 aromatic carbocycles. The van der Waals surface area contributed by atoms with Crippen LogP contribution in [-0.4, -0.2) is 39.3 Å². The highest BCUT2D eigenvalue weighted by Crippen LogP contribution is 2.42. The molecule has 4 rings (SSSR count). The van der Waals surface area contributed by atoms with E-state index in [4.69, 9.17) is 9.68 Å². The number of carbonyl (C=O) groups is 1. The summed E-state index contributed by atoms with van der Waals surface area (Å²) in [5, 5.41) is 22.9. The predicted molar refractivity (Wildman–Crippen MR) is 128 cm³/mol. The van der Waals surface area contributed by atoms with E-state index in [0.717, 1.165) is 39.3 Å². The van der Waals surface area contributed by atoms with Crippen LogP contribution in [0.2, 0.25) is 0 Å². The first kappa shape index (κ1) is 21.5. The van der Waals surface area contributed by atoms with Crippen molar-refractivity contribution >= 4 is 34.4 Å². The Morgan fingerprint density at radius 2 is 1.84 bits per heavy atom. The number of hydrogen-bond acceptors (Lipinski definition) is 5. The van der Waals surface area contributed by atoms with Gasteiger partial charge in [-0.25, -0.2) is 9.37 Å². The summed E-state index contributed by atoms with van der Waals surface area (Å²) < 4.78 is 8.30. The van der Waals surface area contributed by atoms with Crippen LogP contribution in [0.1, 0.15) is 10.4 Å². The van der Waals surface area contributed by atoms with E-state index in [0.29, 0.717) is 21.8 Å². The quantitative estimate of drug-likeness (QED) is 0.215. The Bertz CT molecular complexity index is 1440. The number of aromatic carboxylic acids is 1. The molecule has 6 nitrogen and oxygen atoms in total. The standard InChI is InChI=1S/C25H21N3O3S/c1-27(2)15-5-8-19-22(11-15)31-23-12-16(28(3)4)6-9-20(23)24(19)21-13-17(32-14-26)7-10-18(21)25(29)30/h5-13H,1-4H3/p+1. The summed E-state index contributed by atoms with van der Waals surface area (Å²) in [4.78, 5) is 14.8. The van der Waals surface area contributed by atoms with E-state index in [-0.39, 0.29) is 5.56 Å². The van der Waals surface area contributed by atoms with E-state index >= 15 is 0 Å². The van der Waals surface area contributed by atoms with E-state index in [9.17, 15) is 9.90 Å². The fourth-order valence-electron chi connectivity index (χ4n) is 3.75. The van der Waals surface area contributed by atoms with E-state index in [2.05, 4.69) is 5.40 Å². The average molecular weight is 445 g/mol. The molecule has 0 spiro atoms. The molecule has 0 radical (unpaired) electrons. The molecular weight excluding hydrogens is 422 g/mol. The zero-order valence-corrected chi connectivity index (χ0v) is 19.0. The molecule has 2 aromatic rings. The summed E-state index contributed by atoms with van der Waals surface area (Å²) in [6.07, 6.45) is 0. The second-order valence-corrected chi connectivity index (χ2v) is 8.69. The third-order valence-electron chi connectivity index (χ3n) is 5.38. The van der Waals surface area contributed by atoms with Gasteiger partial charge in [0.05, 0.1) is 11.6 Å². The van der Waals surface area contributed by atoms with Crippen LogP contribution >= 0.6 is 11.8 Å². The van der Waals surface area contributed by atoms with Gasteiger partial charge < -0.3 is 14.4 Å². The highest BCUT2D eigenvalue weighted by Gasteiger charge is 2.23. The molecule has 0 unspecified atom stereocenters. The van der Waals surface area contributed by atoms with Crippen LogP contribution < -0.4 is 14.8 Å². The van der Waals surface area contributed by atoms with Crippen molar-refractivity contribution in [3.05, 3.63) is 65.5 Å². The van der Waals surface area contributed by atoms with Crippen molar-refractivity contribution in [3.8, 4) is 27.9 Å². The smallest absolute Gasteiger partial charge is 0.336 e. The summed E-state index contributed by atoms with van der Waals surface area (Å²) >= 11 is 1.00. The first-order valence-corrected chi connectivity index (χ1v) is 10.7. The van der Waals surface area contributed by atoms with Gasteiger partial charge in [0.15, 0.2) is 0 Å². The molecule has 7 heteroatoms. The van der Waals surface area contributed by atoms with Crippen LogP contribution in [0, 0.1) is 10.7 Å². The monoisotopic (exact) mass is 444 g/mol. The third kappa shape index (κ3) is 3.81. The van der Waals surface area contributed by atoms with E-state index < -0.39 is 5.97 Å². The number of nitriles is 1. The number of fused-ring (bicyclic) bond motifs is 2. The predicted octanol–water partition coefficient (Wildman–Crippen LogP) is 4.57. The Morgan fingerprint density at radius 3 is 2.50 bits per heavy atom. The zero-order valence-electron chi connectivity index (χ0n) is 18.2. The number of thioether (sulfide) groups is 1. The average Bonchev–Trinajstić information content (AvgIpc) is 2.76. The summed E-state index contributed by atoms with van der Waals surface area (Å²) in [6.45, 7) is 0. The van der Waals surface area contributed by atoms with E-state index in [1.54, 1.807) is 18.2 Å². The van der Waals surface area contributed by atoms with Gasteiger partial charge in [0.1, 0.15) is 30.8 Å². The van der Waals surface area contributed by atoms with Gasteiger partial charge in [-0.1, -0.05) is 0 Å². The zero-order chi connectivity index (χ0) is 23.0. The van der Waals surface area contributed by atoms with E-state index in [1.807, 2.05) is 74.1 Å². The van der Waals surface area contributed by atoms with Crippen molar-refractivity contribution in [1.82, 2.24) is 4.58 Å². The lowest BCUT2D eigenvalue weighted by atomic mass is 9.90. The van der Waals surface area contributed by atoms with Crippen molar-refractivity contribution in [2.45, 2.75) is 4.90 Å². The van der Waals surface area contributed by atoms with Crippen LogP contribution in [0.15, 0.2) is 63.9 Å². The molecule has 1 heterocycles. The highest BCUT2D eigenvalue weighted by molar-refractivity contribution is 8.03. The molecular formula is C25H22N3O3S+. The highest BCUT2D eigenvalue weighted by atomic mass is 32.2. The Morgan fingerprint density at radius 1 is 1.06 bits per heavy atom. The Labute approximate surface area is 190 Å². The van der Waals surface area contributed by atoms with Gasteiger partial charge >= 0.3 is 5.97 Å². The minimum absolute atomic E-state index is 0.175. The maximum atomic E-state index is 12.1. The number of carboxylic acid groups (broad SMARTS) is 1. The molecule has 32 heavy (non-hydrogen) atoms. The lowest BCUT2D eigenvalue weighted by Crippen LogP contribution is -2.21. The molecule has 0 aromatic heterocycles. The Kier molecular flexibility index (Phi) is 5.64. The van der Waals surface area contributed by atoms with Crippen molar-refractivity contribution < 1.29 is 14.3 Å². The second-order valence-electron chi connectivity index (χ2n) is 7.83. The molecule has 0 saturated carbocycles. The fraction of sp³-hybridized carbons (Fsp3) is 0.160. The number of hydrogen-bond donors (Lipinski definition) is 1. The molecule has 160 valence electrons. The van der Waals surface area contributed by atoms with Gasteiger partial charge in [-0.05, 0) is 53.7 Å². The van der Waals surface area contributed by atoms with Crippen molar-refractivity contribution in [2.75, 3.05) is 33.1 Å². The number of nitrogens with zero attached hydrogens (tertiary/aromatic N) is 3. The third-order valence-corrected chi connectivity index (χ3v) is 5.96. The van der Waals surface area contributed by atoms with Gasteiger partial charge in [0.25, 0.3) is 0 Å². The number of anilines is 1. The van der Waals surface area contributed by atoms with Gasteiger partial charge in [0, 0.05) is 53.3 Å². The molecule has 0 fully saturated rings. The van der Waals surface area contributed by atoms with Crippen LogP contribution in [0.3, 0.4) is 0 Å². The fourth-order valence-corrected chi connectivity index (χ4v) is 4.17. The number of rotatable bonds is 4. The lowest BCUT2D eigenvalue weighted by Gasteiger charge is -2.19. The summed E-state index contributed by atoms with van der Waals surface area (Å²) in [7, 11) is 7.83. The largest absolute Gasteiger partial charge is 0.478 e. The number of thiocyanates is 1. The van der Waals surface area contributed by atoms with E-state index in [1.165, 1.54) is 0 Å². The van der Waals surface area contributed by atoms with Crippen molar-refractivity contribution in [1.29, 1.82) is 5.26 Å². The summed E-state index contributed by atoms with van der Waals surface area (Å²) in [6, 6.07) is 16.8. The summed E-state index contributed by atoms with van der Waals surface area (Å²) in [5.41, 5.74) is 3.94. The molecule has 2 aliphatic rings. The molecule has 0 saturated heterocycles. The second kappa shape index (κ2) is 8.40. The first-order valence-electron chi connectivity index (χ1n) is 9.92. The number of carboxylic acids is 1. The molecule has 1 aliphatic carbocycles. The van der Waals surface area contributed by atoms with Crippen LogP contribution in [-0.2, 0) is 0 Å². The first-order chi connectivity index (χ1) is 15.3. The van der Waals surface area contributed by atoms with Crippen LogP contribution in [0.4, 0.5) is 5.69 Å².